The number of aryl methyl sites for hydroxylation is 20. The number of phenolic OH excluding ortho intramolecular Hbond substituents is 10. The van der Waals surface area contributed by atoms with Gasteiger partial charge >= 0.3 is 5.97 Å². The van der Waals surface area contributed by atoms with Gasteiger partial charge in [0.2, 0.25) is 0 Å². The molecule has 0 fully saturated rings. The fraction of sp³-hybridized carbons (Fsp3) is 0.233. The van der Waals surface area contributed by atoms with Gasteiger partial charge in [-0.15, -0.1) is 0 Å². The normalized spacial score (nSPS) is 11.0. The Labute approximate surface area is 684 Å². The Hall–Kier alpha value is -12.9. The number of allylic oxidation sites excluding steroid dienone is 1. The largest absolute Gasteiger partial charge is 0.508 e. The summed E-state index contributed by atoms with van der Waals surface area (Å²) >= 11 is 0. The molecular weight excluding hydrogens is 1450 g/mol. The number of hydrogen-bond donors (Lipinski definition) is 10. The van der Waals surface area contributed by atoms with E-state index in [0.29, 0.717) is 28.8 Å². The lowest BCUT2D eigenvalue weighted by atomic mass is 9.79. The molecular formula is C103H110O13. The molecule has 0 aliphatic heterocycles. The number of phenols is 10. The molecule has 0 bridgehead atoms. The molecule has 13 heteroatoms. The summed E-state index contributed by atoms with van der Waals surface area (Å²) < 4.78 is 11.7. The topological polar surface area (TPSA) is 238 Å². The van der Waals surface area contributed by atoms with E-state index >= 15 is 0 Å². The highest BCUT2D eigenvalue weighted by atomic mass is 16.5. The Morgan fingerprint density at radius 1 is 0.250 bits per heavy atom. The molecule has 12 rings (SSSR count). The third-order valence-corrected chi connectivity index (χ3v) is 21.8. The molecule has 13 nitrogen and oxygen atoms in total. The third kappa shape index (κ3) is 19.7. The fourth-order valence-electron chi connectivity index (χ4n) is 15.3. The highest BCUT2D eigenvalue weighted by Crippen LogP contribution is 2.48. The molecule has 0 saturated carbocycles. The Balaban J connectivity index is 0.000000177. The minimum atomic E-state index is -0.526. The molecule has 0 atom stereocenters. The van der Waals surface area contributed by atoms with Crippen LogP contribution in [0.15, 0.2) is 208 Å². The molecule has 10 N–H and O–H groups in total. The molecule has 116 heavy (non-hydrogen) atoms. The number of aromatic hydroxyl groups is 10. The van der Waals surface area contributed by atoms with E-state index in [1.807, 2.05) is 260 Å². The highest BCUT2D eigenvalue weighted by Gasteiger charge is 2.30. The predicted molar refractivity (Wildman–Crippen MR) is 468 cm³/mol. The van der Waals surface area contributed by atoms with Crippen molar-refractivity contribution in [1.29, 1.82) is 0 Å². The van der Waals surface area contributed by atoms with E-state index in [0.717, 1.165) is 184 Å². The molecule has 12 aromatic rings. The van der Waals surface area contributed by atoms with Crippen molar-refractivity contribution in [2.45, 2.75) is 162 Å². The van der Waals surface area contributed by atoms with E-state index in [2.05, 4.69) is 31.9 Å². The summed E-state index contributed by atoms with van der Waals surface area (Å²) in [5.41, 5.74) is 28.8. The van der Waals surface area contributed by atoms with E-state index in [4.69, 9.17) is 9.47 Å². The predicted octanol–water partition coefficient (Wildman–Crippen LogP) is 23.9. The minimum absolute atomic E-state index is 0.160. The minimum Gasteiger partial charge on any atom is -0.508 e. The van der Waals surface area contributed by atoms with Crippen LogP contribution in [0.4, 0.5) is 0 Å². The smallest absolute Gasteiger partial charge is 0.335 e. The highest BCUT2D eigenvalue weighted by molar-refractivity contribution is 5.84. The van der Waals surface area contributed by atoms with Crippen LogP contribution < -0.4 is 9.47 Å². The molecule has 12 aromatic carbocycles. The second-order valence-electron chi connectivity index (χ2n) is 31.3. The standard InChI is InChI=1S/C28H30O3.C27H28O4.2C24H26O3/c1-8-21(7)31-27-11-16(2)9-10-22(27)28(23-12-19(5)25(29)14-17(23)3)24-13-20(6)26(30)15-18(24)4;1-7-24(28)31-23-10-15(2)8-9-22(23)25(20-11-16(3)26(29)17(4)12-20)21-13-18(5)27(30)19(6)14-21;1-13-6-7-18(23(27)8-13)24(19-9-16(4)21(25)11-14(19)2)20-10-17(5)22(26)12-15(20)3;1-13-6-7-20(21(25)8-13)22(18-9-14(2)23(26)15(3)10-18)19-11-16(4)24(27)17(5)12-19/h8-15,28-30H,1,7H2,2-6H3;7-14,25,29-30H,1H2,2-6H3;6-12,24-27H,1-5H3;6-12,22,25-27H,1-5H3. The first-order valence-corrected chi connectivity index (χ1v) is 38.7. The van der Waals surface area contributed by atoms with Crippen LogP contribution in [0.25, 0.3) is 0 Å². The van der Waals surface area contributed by atoms with Crippen LogP contribution >= 0.6 is 0 Å². The van der Waals surface area contributed by atoms with Gasteiger partial charge in [0.15, 0.2) is 0 Å². The maximum atomic E-state index is 12.0. The van der Waals surface area contributed by atoms with Crippen molar-refractivity contribution in [2.24, 2.45) is 0 Å². The quantitative estimate of drug-likeness (QED) is 0.0102. The maximum Gasteiger partial charge on any atom is 0.335 e. The lowest BCUT2D eigenvalue weighted by molar-refractivity contribution is -0.129. The van der Waals surface area contributed by atoms with Gasteiger partial charge in [0.25, 0.3) is 0 Å². The number of hydrogen-bond acceptors (Lipinski definition) is 13. The number of carbonyl (C=O) groups excluding carboxylic acids is 1. The molecule has 0 heterocycles. The second kappa shape index (κ2) is 36.5. The Kier molecular flexibility index (Phi) is 27.4. The van der Waals surface area contributed by atoms with E-state index in [1.165, 1.54) is 0 Å². The zero-order chi connectivity index (χ0) is 85.5. The Morgan fingerprint density at radius 2 is 0.483 bits per heavy atom. The van der Waals surface area contributed by atoms with Crippen LogP contribution in [-0.2, 0) is 4.79 Å². The fourth-order valence-corrected chi connectivity index (χ4v) is 15.3. The lowest BCUT2D eigenvalue weighted by Gasteiger charge is -2.26. The SMILES string of the molecule is C=CC(=C)Oc1cc(C)ccc1C(c1cc(C)c(O)cc1C)c1cc(C)c(O)cc1C.C=CC(=O)Oc1cc(C)ccc1C(c1cc(C)c(O)c(C)c1)c1cc(C)c(O)c(C)c1.Cc1ccc(C(c2cc(C)c(O)c(C)c2)c2cc(C)c(O)c(C)c2)c(O)c1.Cc1ccc(C(c2cc(C)c(O)cc2C)c2cc(C)c(O)cc2C)c(O)c1. The first-order valence-electron chi connectivity index (χ1n) is 38.7. The van der Waals surface area contributed by atoms with Crippen molar-refractivity contribution in [2.75, 3.05) is 0 Å². The number of benzene rings is 12. The van der Waals surface area contributed by atoms with Gasteiger partial charge in [-0.1, -0.05) is 141 Å². The summed E-state index contributed by atoms with van der Waals surface area (Å²) in [7, 11) is 0. The van der Waals surface area contributed by atoms with Crippen molar-refractivity contribution in [3.8, 4) is 69.0 Å². The van der Waals surface area contributed by atoms with Crippen LogP contribution in [0.5, 0.6) is 69.0 Å². The van der Waals surface area contributed by atoms with Gasteiger partial charge in [-0.3, -0.25) is 0 Å². The van der Waals surface area contributed by atoms with Crippen LogP contribution in [-0.4, -0.2) is 57.0 Å². The molecule has 0 amide bonds. The summed E-state index contributed by atoms with van der Waals surface area (Å²) in [6, 6.07) is 54.2. The molecule has 0 spiro atoms. The summed E-state index contributed by atoms with van der Waals surface area (Å²) in [5.74, 6) is 2.97. The lowest BCUT2D eigenvalue weighted by Crippen LogP contribution is -2.11. The van der Waals surface area contributed by atoms with Crippen molar-refractivity contribution in [1.82, 2.24) is 0 Å². The van der Waals surface area contributed by atoms with Gasteiger partial charge < -0.3 is 60.5 Å². The molecule has 0 radical (unpaired) electrons. The van der Waals surface area contributed by atoms with E-state index in [9.17, 15) is 55.9 Å². The monoisotopic (exact) mass is 1550 g/mol. The van der Waals surface area contributed by atoms with E-state index < -0.39 is 5.97 Å². The molecule has 600 valence electrons. The van der Waals surface area contributed by atoms with Crippen molar-refractivity contribution in [3.63, 3.8) is 0 Å². The van der Waals surface area contributed by atoms with Crippen molar-refractivity contribution >= 4 is 5.97 Å². The van der Waals surface area contributed by atoms with Gasteiger partial charge in [0, 0.05) is 52.0 Å². The van der Waals surface area contributed by atoms with Gasteiger partial charge in [-0.25, -0.2) is 4.79 Å². The van der Waals surface area contributed by atoms with Gasteiger partial charge in [-0.2, -0.15) is 0 Å². The average Bonchev–Trinajstić information content (AvgIpc) is 0.784. The van der Waals surface area contributed by atoms with E-state index in [-0.39, 0.29) is 69.7 Å². The van der Waals surface area contributed by atoms with Crippen LogP contribution in [0, 0.1) is 138 Å². The summed E-state index contributed by atoms with van der Waals surface area (Å²) in [6.45, 7) is 49.5. The maximum absolute atomic E-state index is 12.0. The van der Waals surface area contributed by atoms with Gasteiger partial charge in [-0.05, 0) is 349 Å². The van der Waals surface area contributed by atoms with Crippen LogP contribution in [0.3, 0.4) is 0 Å². The molecule has 0 aliphatic rings. The van der Waals surface area contributed by atoms with Crippen LogP contribution in [0.1, 0.15) is 202 Å². The van der Waals surface area contributed by atoms with E-state index in [1.54, 1.807) is 42.5 Å². The molecule has 0 saturated heterocycles. The van der Waals surface area contributed by atoms with Crippen molar-refractivity contribution < 1.29 is 65.3 Å². The zero-order valence-electron chi connectivity index (χ0n) is 70.4. The molecule has 0 aromatic heterocycles. The number of rotatable bonds is 17. The third-order valence-electron chi connectivity index (χ3n) is 21.8. The number of carbonyl (C=O) groups is 1. The molecule has 0 unspecified atom stereocenters. The van der Waals surface area contributed by atoms with Crippen LogP contribution in [0.2, 0.25) is 0 Å². The number of ether oxygens (including phenoxy) is 2. The zero-order valence-corrected chi connectivity index (χ0v) is 70.4. The Morgan fingerprint density at radius 3 is 0.750 bits per heavy atom. The first kappa shape index (κ1) is 87.1. The van der Waals surface area contributed by atoms with Gasteiger partial charge in [0.05, 0.1) is 0 Å². The van der Waals surface area contributed by atoms with Gasteiger partial charge in [0.1, 0.15) is 74.8 Å². The summed E-state index contributed by atoms with van der Waals surface area (Å²) in [6.07, 6.45) is 2.73. The summed E-state index contributed by atoms with van der Waals surface area (Å²) in [5, 5.41) is 103. The summed E-state index contributed by atoms with van der Waals surface area (Å²) in [4.78, 5) is 12.0. The average molecular weight is 1560 g/mol. The van der Waals surface area contributed by atoms with Crippen molar-refractivity contribution in [3.05, 3.63) is 386 Å². The Bertz CT molecular complexity index is 5470. The molecule has 0 aliphatic carbocycles. The first-order chi connectivity index (χ1) is 54.6. The number of esters is 1. The second-order valence-corrected chi connectivity index (χ2v) is 31.3.